The summed E-state index contributed by atoms with van der Waals surface area (Å²) in [5.41, 5.74) is 1.16. The third-order valence-electron chi connectivity index (χ3n) is 3.57. The largest absolute Gasteiger partial charge is 0.342 e. The molecule has 0 atom stereocenters. The summed E-state index contributed by atoms with van der Waals surface area (Å²) in [5.74, 6) is 1.11. The maximum atomic E-state index is 12.3. The molecule has 21 heavy (non-hydrogen) atoms. The minimum absolute atomic E-state index is 0.139. The third kappa shape index (κ3) is 4.18. The van der Waals surface area contributed by atoms with Gasteiger partial charge in [-0.15, -0.1) is 0 Å². The van der Waals surface area contributed by atoms with Crippen LogP contribution in [0.25, 0.3) is 0 Å². The van der Waals surface area contributed by atoms with Crippen LogP contribution in [0, 0.1) is 25.2 Å². The van der Waals surface area contributed by atoms with Gasteiger partial charge in [0.15, 0.2) is 0 Å². The summed E-state index contributed by atoms with van der Waals surface area (Å²) in [6, 6.07) is 2.13. The maximum Gasteiger partial charge on any atom is 0.232 e. The maximum absolute atomic E-state index is 12.3. The van der Waals surface area contributed by atoms with E-state index in [0.717, 1.165) is 25.9 Å². The number of carbonyl (C=O) groups excluding carboxylic acids is 1. The van der Waals surface area contributed by atoms with Gasteiger partial charge in [0, 0.05) is 13.1 Å². The van der Waals surface area contributed by atoms with Crippen LogP contribution in [0.2, 0.25) is 0 Å². The molecule has 1 aliphatic heterocycles. The highest BCUT2D eigenvalue weighted by atomic mass is 32.2. The molecule has 1 aromatic heterocycles. The predicted octanol–water partition coefficient (Wildman–Crippen LogP) is 2.46. The Morgan fingerprint density at radius 3 is 2.52 bits per heavy atom. The second-order valence-corrected chi connectivity index (χ2v) is 6.20. The van der Waals surface area contributed by atoms with Crippen LogP contribution >= 0.6 is 11.8 Å². The molecule has 0 radical (unpaired) electrons. The van der Waals surface area contributed by atoms with Gasteiger partial charge >= 0.3 is 0 Å². The van der Waals surface area contributed by atoms with Gasteiger partial charge in [0.05, 0.1) is 11.4 Å². The van der Waals surface area contributed by atoms with Crippen molar-refractivity contribution in [2.45, 2.75) is 44.6 Å². The van der Waals surface area contributed by atoms with Crippen molar-refractivity contribution in [2.75, 3.05) is 18.8 Å². The molecule has 0 bridgehead atoms. The van der Waals surface area contributed by atoms with E-state index < -0.39 is 0 Å². The molecule has 0 aliphatic carbocycles. The number of thioether (sulfide) groups is 1. The van der Waals surface area contributed by atoms with E-state index in [9.17, 15) is 10.1 Å². The Morgan fingerprint density at radius 1 is 1.24 bits per heavy atom. The summed E-state index contributed by atoms with van der Waals surface area (Å²) in [6.07, 6.45) is 4.59. The van der Waals surface area contributed by atoms with Gasteiger partial charge in [-0.25, -0.2) is 9.97 Å². The number of hydrogen-bond donors (Lipinski definition) is 0. The van der Waals surface area contributed by atoms with E-state index in [0.29, 0.717) is 27.9 Å². The predicted molar refractivity (Wildman–Crippen MR) is 82.0 cm³/mol. The molecule has 1 fully saturated rings. The van der Waals surface area contributed by atoms with Crippen LogP contribution in [0.1, 0.15) is 42.8 Å². The molecule has 0 spiro atoms. The van der Waals surface area contributed by atoms with E-state index in [4.69, 9.17) is 0 Å². The van der Waals surface area contributed by atoms with Crippen LogP contribution in [0.15, 0.2) is 5.03 Å². The summed E-state index contributed by atoms with van der Waals surface area (Å²) in [7, 11) is 0. The van der Waals surface area contributed by atoms with Crippen LogP contribution in [0.5, 0.6) is 0 Å². The molecule has 0 saturated carbocycles. The highest BCUT2D eigenvalue weighted by Crippen LogP contribution is 2.23. The van der Waals surface area contributed by atoms with Crippen molar-refractivity contribution in [1.29, 1.82) is 5.26 Å². The zero-order valence-electron chi connectivity index (χ0n) is 12.6. The SMILES string of the molecule is Cc1nc(C)c(C#N)c(SCC(=O)N2CCCCCC2)n1. The van der Waals surface area contributed by atoms with Crippen LogP contribution < -0.4 is 0 Å². The van der Waals surface area contributed by atoms with E-state index in [1.165, 1.54) is 24.6 Å². The number of likely N-dealkylation sites (tertiary alicyclic amines) is 1. The Balaban J connectivity index is 2.02. The summed E-state index contributed by atoms with van der Waals surface area (Å²) in [6.45, 7) is 5.31. The Labute approximate surface area is 129 Å². The first-order valence-electron chi connectivity index (χ1n) is 7.27. The molecular weight excluding hydrogens is 284 g/mol. The molecule has 0 unspecified atom stereocenters. The van der Waals surface area contributed by atoms with Gasteiger partial charge < -0.3 is 4.90 Å². The molecule has 1 saturated heterocycles. The van der Waals surface area contributed by atoms with Crippen molar-refractivity contribution in [3.63, 3.8) is 0 Å². The lowest BCUT2D eigenvalue weighted by molar-refractivity contribution is -0.128. The van der Waals surface area contributed by atoms with Crippen molar-refractivity contribution in [1.82, 2.24) is 14.9 Å². The molecule has 1 aromatic rings. The Bertz CT molecular complexity index is 560. The average Bonchev–Trinajstić information content (AvgIpc) is 2.73. The number of amides is 1. The van der Waals surface area contributed by atoms with Gasteiger partial charge in [-0.2, -0.15) is 5.26 Å². The molecular formula is C15H20N4OS. The highest BCUT2D eigenvalue weighted by Gasteiger charge is 2.17. The third-order valence-corrected chi connectivity index (χ3v) is 4.53. The van der Waals surface area contributed by atoms with Gasteiger partial charge in [0.25, 0.3) is 0 Å². The van der Waals surface area contributed by atoms with Gasteiger partial charge in [0.2, 0.25) is 5.91 Å². The molecule has 5 nitrogen and oxygen atoms in total. The fraction of sp³-hybridized carbons (Fsp3) is 0.600. The summed E-state index contributed by atoms with van der Waals surface area (Å²) < 4.78 is 0. The van der Waals surface area contributed by atoms with Crippen molar-refractivity contribution in [2.24, 2.45) is 0 Å². The van der Waals surface area contributed by atoms with E-state index in [1.807, 2.05) is 4.90 Å². The van der Waals surface area contributed by atoms with Crippen molar-refractivity contribution >= 4 is 17.7 Å². The monoisotopic (exact) mass is 304 g/mol. The minimum Gasteiger partial charge on any atom is -0.342 e. The number of nitriles is 1. The normalized spacial score (nSPS) is 15.4. The molecule has 2 heterocycles. The Hall–Kier alpha value is -1.61. The first-order chi connectivity index (χ1) is 10.1. The number of carbonyl (C=O) groups is 1. The zero-order chi connectivity index (χ0) is 15.2. The second-order valence-electron chi connectivity index (χ2n) is 5.23. The zero-order valence-corrected chi connectivity index (χ0v) is 13.4. The highest BCUT2D eigenvalue weighted by molar-refractivity contribution is 8.00. The Morgan fingerprint density at radius 2 is 1.90 bits per heavy atom. The topological polar surface area (TPSA) is 69.9 Å². The number of nitrogens with zero attached hydrogens (tertiary/aromatic N) is 4. The van der Waals surface area contributed by atoms with Gasteiger partial charge in [-0.05, 0) is 26.7 Å². The van der Waals surface area contributed by atoms with E-state index in [2.05, 4.69) is 16.0 Å². The molecule has 6 heteroatoms. The molecule has 1 amide bonds. The number of aromatic nitrogens is 2. The molecule has 2 rings (SSSR count). The average molecular weight is 304 g/mol. The van der Waals surface area contributed by atoms with E-state index in [-0.39, 0.29) is 5.91 Å². The lowest BCUT2D eigenvalue weighted by Gasteiger charge is -2.20. The molecule has 0 N–H and O–H groups in total. The molecule has 1 aliphatic rings. The van der Waals surface area contributed by atoms with Gasteiger partial charge in [-0.3, -0.25) is 4.79 Å². The van der Waals surface area contributed by atoms with Crippen LogP contribution in [0.4, 0.5) is 0 Å². The van der Waals surface area contributed by atoms with Crippen LogP contribution in [-0.4, -0.2) is 39.6 Å². The number of aryl methyl sites for hydroxylation is 2. The van der Waals surface area contributed by atoms with Crippen molar-refractivity contribution in [3.8, 4) is 6.07 Å². The lowest BCUT2D eigenvalue weighted by Crippen LogP contribution is -2.33. The van der Waals surface area contributed by atoms with Crippen molar-refractivity contribution in [3.05, 3.63) is 17.1 Å². The van der Waals surface area contributed by atoms with E-state index in [1.54, 1.807) is 13.8 Å². The standard InChI is InChI=1S/C15H20N4OS/c1-11-13(9-16)15(18-12(2)17-11)21-10-14(20)19-7-5-3-4-6-8-19/h3-8,10H2,1-2H3. The van der Waals surface area contributed by atoms with Gasteiger partial charge in [0.1, 0.15) is 22.5 Å². The number of rotatable bonds is 3. The number of hydrogen-bond acceptors (Lipinski definition) is 5. The van der Waals surface area contributed by atoms with E-state index >= 15 is 0 Å². The summed E-state index contributed by atoms with van der Waals surface area (Å²) in [4.78, 5) is 22.7. The quantitative estimate of drug-likeness (QED) is 0.633. The molecule has 112 valence electrons. The summed E-state index contributed by atoms with van der Waals surface area (Å²) >= 11 is 1.34. The van der Waals surface area contributed by atoms with Crippen LogP contribution in [0.3, 0.4) is 0 Å². The second kappa shape index (κ2) is 7.41. The first kappa shape index (κ1) is 15.8. The Kier molecular flexibility index (Phi) is 5.57. The van der Waals surface area contributed by atoms with Crippen LogP contribution in [-0.2, 0) is 4.79 Å². The van der Waals surface area contributed by atoms with Gasteiger partial charge in [-0.1, -0.05) is 24.6 Å². The minimum atomic E-state index is 0.139. The fourth-order valence-electron chi connectivity index (χ4n) is 2.46. The first-order valence-corrected chi connectivity index (χ1v) is 8.26. The summed E-state index contributed by atoms with van der Waals surface area (Å²) in [5, 5.41) is 9.82. The fourth-order valence-corrected chi connectivity index (χ4v) is 3.43. The molecule has 0 aromatic carbocycles. The van der Waals surface area contributed by atoms with Crippen molar-refractivity contribution < 1.29 is 4.79 Å². The smallest absolute Gasteiger partial charge is 0.232 e. The lowest BCUT2D eigenvalue weighted by atomic mass is 10.2.